The predicted molar refractivity (Wildman–Crippen MR) is 117 cm³/mol. The minimum atomic E-state index is -0.418. The molecule has 0 saturated heterocycles. The lowest BCUT2D eigenvalue weighted by Gasteiger charge is -2.36. The summed E-state index contributed by atoms with van der Waals surface area (Å²) in [5.41, 5.74) is 2.14. The fraction of sp³-hybridized carbons (Fsp3) is 0.500. The van der Waals surface area contributed by atoms with Crippen molar-refractivity contribution in [3.63, 3.8) is 0 Å². The van der Waals surface area contributed by atoms with Crippen molar-refractivity contribution >= 4 is 27.5 Å². The fourth-order valence-electron chi connectivity index (χ4n) is 4.49. The maximum Gasteiger partial charge on any atom is 0.163 e. The van der Waals surface area contributed by atoms with Crippen molar-refractivity contribution in [1.82, 2.24) is 0 Å². The van der Waals surface area contributed by atoms with E-state index in [0.717, 1.165) is 53.7 Å². The number of hydrogen-bond acceptors (Lipinski definition) is 5. The molecule has 1 aliphatic heterocycles. The summed E-state index contributed by atoms with van der Waals surface area (Å²) in [5.74, 6) is 2.49. The molecule has 30 heavy (non-hydrogen) atoms. The predicted octanol–water partition coefficient (Wildman–Crippen LogP) is 5.76. The van der Waals surface area contributed by atoms with Gasteiger partial charge in [-0.15, -0.1) is 0 Å². The van der Waals surface area contributed by atoms with Crippen molar-refractivity contribution in [2.24, 2.45) is 0 Å². The van der Waals surface area contributed by atoms with Crippen molar-refractivity contribution in [1.29, 1.82) is 0 Å². The summed E-state index contributed by atoms with van der Waals surface area (Å²) in [6.45, 7) is 5.06. The summed E-state index contributed by atoms with van der Waals surface area (Å²) in [5, 5.41) is 0. The number of carbonyl (C=O) groups is 2. The van der Waals surface area contributed by atoms with Gasteiger partial charge in [0.25, 0.3) is 0 Å². The molecule has 0 bridgehead atoms. The second kappa shape index (κ2) is 8.96. The maximum atomic E-state index is 13.0. The summed E-state index contributed by atoms with van der Waals surface area (Å²) >= 11 is 3.69. The third kappa shape index (κ3) is 3.82. The van der Waals surface area contributed by atoms with Gasteiger partial charge in [-0.25, -0.2) is 0 Å². The molecule has 2 aliphatic carbocycles. The van der Waals surface area contributed by atoms with E-state index in [9.17, 15) is 9.59 Å². The molecule has 0 aromatic heterocycles. The number of allylic oxidation sites excluding steroid dienone is 4. The Balaban J connectivity index is 1.88. The van der Waals surface area contributed by atoms with Crippen LogP contribution >= 0.6 is 15.9 Å². The number of ketones is 2. The molecule has 0 unspecified atom stereocenters. The molecule has 0 N–H and O–H groups in total. The Morgan fingerprint density at radius 3 is 2.10 bits per heavy atom. The molecule has 1 aromatic carbocycles. The van der Waals surface area contributed by atoms with Crippen molar-refractivity contribution in [3.05, 3.63) is 44.8 Å². The van der Waals surface area contributed by atoms with Gasteiger partial charge in [0.2, 0.25) is 0 Å². The molecule has 5 nitrogen and oxygen atoms in total. The molecule has 1 aromatic rings. The van der Waals surface area contributed by atoms with Crippen molar-refractivity contribution in [2.75, 3.05) is 13.2 Å². The van der Waals surface area contributed by atoms with Gasteiger partial charge in [-0.3, -0.25) is 9.59 Å². The minimum Gasteiger partial charge on any atom is -0.490 e. The Morgan fingerprint density at radius 1 is 0.933 bits per heavy atom. The molecule has 3 aliphatic rings. The van der Waals surface area contributed by atoms with Gasteiger partial charge in [0.05, 0.1) is 13.2 Å². The Bertz CT molecular complexity index is 901. The van der Waals surface area contributed by atoms with E-state index < -0.39 is 5.92 Å². The molecule has 0 radical (unpaired) electrons. The Labute approximate surface area is 185 Å². The Kier molecular flexibility index (Phi) is 6.32. The maximum absolute atomic E-state index is 13.0. The smallest absolute Gasteiger partial charge is 0.163 e. The number of benzene rings is 1. The van der Waals surface area contributed by atoms with Crippen LogP contribution in [-0.4, -0.2) is 24.8 Å². The summed E-state index contributed by atoms with van der Waals surface area (Å²) in [7, 11) is 0. The van der Waals surface area contributed by atoms with E-state index in [1.807, 2.05) is 19.1 Å². The fourth-order valence-corrected chi connectivity index (χ4v) is 5.05. The van der Waals surface area contributed by atoms with E-state index in [2.05, 4.69) is 22.9 Å². The quantitative estimate of drug-likeness (QED) is 0.523. The number of halogens is 1. The van der Waals surface area contributed by atoms with Gasteiger partial charge >= 0.3 is 0 Å². The first-order valence-corrected chi connectivity index (χ1v) is 11.6. The molecular weight excluding hydrogens is 448 g/mol. The second-order valence-electron chi connectivity index (χ2n) is 7.86. The molecule has 0 atom stereocenters. The standard InChI is InChI=1S/C24H27BrO5/c1-3-11-29-21-13-15(25)14(12-20(21)28-4-2)22-23-16(26)7-5-9-18(23)30-19-10-6-8-17(27)24(19)22/h12-13,22H,3-11H2,1-2H3. The third-order valence-corrected chi connectivity index (χ3v) is 6.46. The first-order chi connectivity index (χ1) is 14.5. The van der Waals surface area contributed by atoms with E-state index in [0.29, 0.717) is 48.7 Å². The lowest BCUT2D eigenvalue weighted by atomic mass is 9.73. The zero-order chi connectivity index (χ0) is 21.3. The average Bonchev–Trinajstić information content (AvgIpc) is 2.73. The topological polar surface area (TPSA) is 61.8 Å². The summed E-state index contributed by atoms with van der Waals surface area (Å²) < 4.78 is 18.7. The van der Waals surface area contributed by atoms with Crippen LogP contribution in [0.3, 0.4) is 0 Å². The molecule has 4 rings (SSSR count). The van der Waals surface area contributed by atoms with Crippen LogP contribution in [0.1, 0.15) is 70.3 Å². The molecule has 1 heterocycles. The number of ether oxygens (including phenoxy) is 3. The van der Waals surface area contributed by atoms with E-state index in [-0.39, 0.29) is 11.6 Å². The monoisotopic (exact) mass is 474 g/mol. The van der Waals surface area contributed by atoms with Gasteiger partial charge in [-0.2, -0.15) is 0 Å². The first-order valence-electron chi connectivity index (χ1n) is 10.8. The van der Waals surface area contributed by atoms with E-state index >= 15 is 0 Å². The highest BCUT2D eigenvalue weighted by Crippen LogP contribution is 2.50. The van der Waals surface area contributed by atoms with Crippen LogP contribution in [0.15, 0.2) is 39.3 Å². The van der Waals surface area contributed by atoms with Crippen LogP contribution in [0.25, 0.3) is 0 Å². The van der Waals surface area contributed by atoms with Crippen molar-refractivity contribution in [2.45, 2.75) is 64.7 Å². The van der Waals surface area contributed by atoms with Gasteiger partial charge in [0, 0.05) is 47.2 Å². The van der Waals surface area contributed by atoms with Crippen molar-refractivity contribution < 1.29 is 23.8 Å². The number of Topliss-reactive ketones (excluding diaryl/α,β-unsaturated/α-hetero) is 2. The zero-order valence-corrected chi connectivity index (χ0v) is 19.1. The molecule has 0 amide bonds. The first kappa shape index (κ1) is 21.2. The largest absolute Gasteiger partial charge is 0.490 e. The van der Waals surface area contributed by atoms with Crippen LogP contribution in [0.4, 0.5) is 0 Å². The molecule has 6 heteroatoms. The van der Waals surface area contributed by atoms with Gasteiger partial charge in [0.1, 0.15) is 11.5 Å². The summed E-state index contributed by atoms with van der Waals surface area (Å²) in [6.07, 6.45) is 4.91. The van der Waals surface area contributed by atoms with Gasteiger partial charge in [0.15, 0.2) is 23.1 Å². The van der Waals surface area contributed by atoms with Crippen LogP contribution in [0, 0.1) is 0 Å². The lowest BCUT2D eigenvalue weighted by molar-refractivity contribution is -0.117. The van der Waals surface area contributed by atoms with Crippen LogP contribution in [0.2, 0.25) is 0 Å². The Hall–Kier alpha value is -2.08. The van der Waals surface area contributed by atoms with Crippen LogP contribution in [0.5, 0.6) is 11.5 Å². The Morgan fingerprint density at radius 2 is 1.53 bits per heavy atom. The van der Waals surface area contributed by atoms with Crippen LogP contribution in [-0.2, 0) is 14.3 Å². The van der Waals surface area contributed by atoms with Crippen LogP contribution < -0.4 is 9.47 Å². The number of hydrogen-bond donors (Lipinski definition) is 0. The third-order valence-electron chi connectivity index (χ3n) is 5.78. The number of carbonyl (C=O) groups excluding carboxylic acids is 2. The number of rotatable bonds is 6. The molecular formula is C24H27BrO5. The average molecular weight is 475 g/mol. The highest BCUT2D eigenvalue weighted by molar-refractivity contribution is 9.10. The van der Waals surface area contributed by atoms with Gasteiger partial charge in [-0.1, -0.05) is 22.9 Å². The zero-order valence-electron chi connectivity index (χ0n) is 17.5. The molecule has 0 fully saturated rings. The minimum absolute atomic E-state index is 0.0716. The second-order valence-corrected chi connectivity index (χ2v) is 8.72. The van der Waals surface area contributed by atoms with E-state index in [1.165, 1.54) is 0 Å². The lowest BCUT2D eigenvalue weighted by Crippen LogP contribution is -2.30. The molecule has 160 valence electrons. The van der Waals surface area contributed by atoms with Gasteiger partial charge < -0.3 is 14.2 Å². The van der Waals surface area contributed by atoms with E-state index in [1.54, 1.807) is 0 Å². The summed E-state index contributed by atoms with van der Waals surface area (Å²) in [6, 6.07) is 3.82. The highest BCUT2D eigenvalue weighted by Gasteiger charge is 2.42. The normalized spacial score (nSPS) is 19.4. The van der Waals surface area contributed by atoms with Gasteiger partial charge in [-0.05, 0) is 43.9 Å². The SMILES string of the molecule is CCCOc1cc(Br)c(C2C3=C(CCCC3=O)OC3=C2C(=O)CCC3)cc1OCC. The summed E-state index contributed by atoms with van der Waals surface area (Å²) in [4.78, 5) is 26.0. The van der Waals surface area contributed by atoms with Crippen molar-refractivity contribution in [3.8, 4) is 11.5 Å². The molecule has 0 saturated carbocycles. The highest BCUT2D eigenvalue weighted by atomic mass is 79.9. The van der Waals surface area contributed by atoms with E-state index in [4.69, 9.17) is 14.2 Å². The molecule has 0 spiro atoms.